The molecule has 1 atom stereocenters. The van der Waals surface area contributed by atoms with Crippen molar-refractivity contribution in [3.63, 3.8) is 0 Å². The van der Waals surface area contributed by atoms with Crippen molar-refractivity contribution >= 4 is 23.4 Å². The highest BCUT2D eigenvalue weighted by molar-refractivity contribution is 6.29. The van der Waals surface area contributed by atoms with Crippen LogP contribution >= 0.6 is 11.6 Å². The molecule has 0 spiro atoms. The van der Waals surface area contributed by atoms with Crippen LogP contribution in [0.4, 0.5) is 5.82 Å². The van der Waals surface area contributed by atoms with E-state index in [2.05, 4.69) is 10.3 Å². The summed E-state index contributed by atoms with van der Waals surface area (Å²) in [5, 5.41) is 20.9. The summed E-state index contributed by atoms with van der Waals surface area (Å²) in [6.07, 6.45) is 0.141. The average Bonchev–Trinajstić information content (AvgIpc) is 2.16. The summed E-state index contributed by atoms with van der Waals surface area (Å²) in [5.41, 5.74) is 0.0829. The lowest BCUT2D eigenvalue weighted by atomic mass is 10.2. The molecule has 0 bridgehead atoms. The van der Waals surface area contributed by atoms with Gasteiger partial charge in [-0.25, -0.2) is 9.78 Å². The summed E-state index contributed by atoms with van der Waals surface area (Å²) in [6, 6.07) is 2.68. The minimum Gasteiger partial charge on any atom is -0.478 e. The predicted octanol–water partition coefficient (Wildman–Crippen LogP) is 1.62. The Morgan fingerprint density at radius 2 is 2.31 bits per heavy atom. The summed E-state index contributed by atoms with van der Waals surface area (Å²) in [5.74, 6) is -0.659. The monoisotopic (exact) mass is 244 g/mol. The van der Waals surface area contributed by atoms with Gasteiger partial charge in [-0.05, 0) is 25.5 Å². The molecule has 5 nitrogen and oxygen atoms in total. The summed E-state index contributed by atoms with van der Waals surface area (Å²) in [6.45, 7) is 2.18. The standard InChI is InChI=1S/C10H13ClN2O3/c1-6(14)2-3-12-9-5-7(10(15)16)4-8(11)13-9/h4-6,14H,2-3H2,1H3,(H,12,13)(H,15,16). The molecule has 3 N–H and O–H groups in total. The SMILES string of the molecule is CC(O)CCNc1cc(C(=O)O)cc(Cl)n1. The number of nitrogens with one attached hydrogen (secondary N) is 1. The normalized spacial score (nSPS) is 12.2. The van der Waals surface area contributed by atoms with Gasteiger partial charge in [0.05, 0.1) is 11.7 Å². The second-order valence-electron chi connectivity index (χ2n) is 3.43. The molecule has 0 aliphatic rings. The lowest BCUT2D eigenvalue weighted by Crippen LogP contribution is -2.11. The Kier molecular flexibility index (Phi) is 4.52. The number of anilines is 1. The minimum atomic E-state index is -1.05. The van der Waals surface area contributed by atoms with Gasteiger partial charge in [0, 0.05) is 6.54 Å². The van der Waals surface area contributed by atoms with E-state index in [1.807, 2.05) is 0 Å². The second-order valence-corrected chi connectivity index (χ2v) is 3.82. The largest absolute Gasteiger partial charge is 0.478 e. The maximum Gasteiger partial charge on any atom is 0.335 e. The fourth-order valence-corrected chi connectivity index (χ4v) is 1.33. The van der Waals surface area contributed by atoms with Gasteiger partial charge >= 0.3 is 5.97 Å². The van der Waals surface area contributed by atoms with Gasteiger partial charge in [0.15, 0.2) is 0 Å². The Labute approximate surface area is 98.1 Å². The molecule has 6 heteroatoms. The van der Waals surface area contributed by atoms with Gasteiger partial charge in [-0.2, -0.15) is 0 Å². The molecule has 1 heterocycles. The van der Waals surface area contributed by atoms with Crippen molar-refractivity contribution in [3.05, 3.63) is 22.8 Å². The fraction of sp³-hybridized carbons (Fsp3) is 0.400. The zero-order chi connectivity index (χ0) is 12.1. The predicted molar refractivity (Wildman–Crippen MR) is 61.0 cm³/mol. The van der Waals surface area contributed by atoms with E-state index in [4.69, 9.17) is 21.8 Å². The highest BCUT2D eigenvalue weighted by atomic mass is 35.5. The van der Waals surface area contributed by atoms with Gasteiger partial charge in [-0.1, -0.05) is 11.6 Å². The molecule has 0 fully saturated rings. The Balaban J connectivity index is 2.69. The Bertz CT molecular complexity index is 382. The maximum atomic E-state index is 10.7. The first-order chi connectivity index (χ1) is 7.49. The molecule has 0 radical (unpaired) electrons. The number of carboxylic acids is 1. The molecular weight excluding hydrogens is 232 g/mol. The molecular formula is C10H13ClN2O3. The summed E-state index contributed by atoms with van der Waals surface area (Å²) < 4.78 is 0. The third-order valence-corrected chi connectivity index (χ3v) is 2.10. The smallest absolute Gasteiger partial charge is 0.335 e. The van der Waals surface area contributed by atoms with Gasteiger partial charge in [0.1, 0.15) is 11.0 Å². The summed E-state index contributed by atoms with van der Waals surface area (Å²) >= 11 is 5.67. The van der Waals surface area contributed by atoms with E-state index in [-0.39, 0.29) is 10.7 Å². The number of aromatic carboxylic acids is 1. The van der Waals surface area contributed by atoms with Crippen molar-refractivity contribution < 1.29 is 15.0 Å². The molecule has 1 unspecified atom stereocenters. The number of hydrogen-bond donors (Lipinski definition) is 3. The highest BCUT2D eigenvalue weighted by Crippen LogP contribution is 2.14. The second kappa shape index (κ2) is 5.67. The fourth-order valence-electron chi connectivity index (χ4n) is 1.12. The molecule has 0 saturated heterocycles. The molecule has 0 amide bonds. The van der Waals surface area contributed by atoms with Crippen LogP contribution in [0.15, 0.2) is 12.1 Å². The highest BCUT2D eigenvalue weighted by Gasteiger charge is 2.07. The molecule has 16 heavy (non-hydrogen) atoms. The molecule has 88 valence electrons. The minimum absolute atomic E-state index is 0.0829. The van der Waals surface area contributed by atoms with Crippen LogP contribution in [-0.4, -0.2) is 33.8 Å². The molecule has 1 aromatic heterocycles. The van der Waals surface area contributed by atoms with Crippen LogP contribution in [0.25, 0.3) is 0 Å². The van der Waals surface area contributed by atoms with E-state index >= 15 is 0 Å². The van der Waals surface area contributed by atoms with E-state index in [1.165, 1.54) is 12.1 Å². The van der Waals surface area contributed by atoms with Crippen LogP contribution in [0.5, 0.6) is 0 Å². The van der Waals surface area contributed by atoms with Crippen molar-refractivity contribution in [1.82, 2.24) is 4.98 Å². The summed E-state index contributed by atoms with van der Waals surface area (Å²) in [4.78, 5) is 14.7. The maximum absolute atomic E-state index is 10.7. The van der Waals surface area contributed by atoms with E-state index in [0.29, 0.717) is 18.8 Å². The van der Waals surface area contributed by atoms with Crippen LogP contribution in [0, 0.1) is 0 Å². The lowest BCUT2D eigenvalue weighted by molar-refractivity contribution is 0.0696. The first-order valence-corrected chi connectivity index (χ1v) is 5.19. The third-order valence-electron chi connectivity index (χ3n) is 1.91. The average molecular weight is 245 g/mol. The Hall–Kier alpha value is -1.33. The van der Waals surface area contributed by atoms with Gasteiger partial charge in [0.2, 0.25) is 0 Å². The number of nitrogens with zero attached hydrogens (tertiary/aromatic N) is 1. The van der Waals surface area contributed by atoms with Crippen LogP contribution in [-0.2, 0) is 0 Å². The number of aliphatic hydroxyl groups excluding tert-OH is 1. The topological polar surface area (TPSA) is 82.5 Å². The van der Waals surface area contributed by atoms with Gasteiger partial charge in [-0.3, -0.25) is 0 Å². The van der Waals surface area contributed by atoms with Crippen molar-refractivity contribution in [2.75, 3.05) is 11.9 Å². The first kappa shape index (κ1) is 12.7. The molecule has 1 rings (SSSR count). The number of rotatable bonds is 5. The molecule has 0 aliphatic carbocycles. The number of halogens is 1. The molecule has 0 saturated carbocycles. The van der Waals surface area contributed by atoms with E-state index in [0.717, 1.165) is 0 Å². The van der Waals surface area contributed by atoms with Crippen LogP contribution < -0.4 is 5.32 Å². The zero-order valence-electron chi connectivity index (χ0n) is 8.77. The first-order valence-electron chi connectivity index (χ1n) is 4.82. The van der Waals surface area contributed by atoms with Gasteiger partial charge in [-0.15, -0.1) is 0 Å². The third kappa shape index (κ3) is 4.04. The van der Waals surface area contributed by atoms with E-state index < -0.39 is 12.1 Å². The van der Waals surface area contributed by atoms with Gasteiger partial charge in [0.25, 0.3) is 0 Å². The quantitative estimate of drug-likeness (QED) is 0.686. The van der Waals surface area contributed by atoms with Crippen molar-refractivity contribution in [2.45, 2.75) is 19.4 Å². The lowest BCUT2D eigenvalue weighted by Gasteiger charge is -2.08. The van der Waals surface area contributed by atoms with Crippen molar-refractivity contribution in [2.24, 2.45) is 0 Å². The van der Waals surface area contributed by atoms with Crippen LogP contribution in [0.2, 0.25) is 5.15 Å². The number of carboxylic acid groups (broad SMARTS) is 1. The van der Waals surface area contributed by atoms with Crippen LogP contribution in [0.3, 0.4) is 0 Å². The number of carbonyl (C=O) groups is 1. The Morgan fingerprint density at radius 3 is 2.88 bits per heavy atom. The number of aliphatic hydroxyl groups is 1. The number of hydrogen-bond acceptors (Lipinski definition) is 4. The van der Waals surface area contributed by atoms with Gasteiger partial charge < -0.3 is 15.5 Å². The number of aromatic nitrogens is 1. The Morgan fingerprint density at radius 1 is 1.62 bits per heavy atom. The molecule has 1 aromatic rings. The van der Waals surface area contributed by atoms with Crippen LogP contribution in [0.1, 0.15) is 23.7 Å². The molecule has 0 aliphatic heterocycles. The summed E-state index contributed by atoms with van der Waals surface area (Å²) in [7, 11) is 0. The van der Waals surface area contributed by atoms with Crippen molar-refractivity contribution in [3.8, 4) is 0 Å². The van der Waals surface area contributed by atoms with E-state index in [9.17, 15) is 4.79 Å². The number of pyridine rings is 1. The van der Waals surface area contributed by atoms with Crippen molar-refractivity contribution in [1.29, 1.82) is 0 Å². The van der Waals surface area contributed by atoms with E-state index in [1.54, 1.807) is 6.92 Å². The zero-order valence-corrected chi connectivity index (χ0v) is 9.53. The molecule has 0 aromatic carbocycles.